The maximum Gasteiger partial charge on any atom is 0.475 e. The molecule has 0 spiro atoms. The van der Waals surface area contributed by atoms with E-state index in [-0.39, 0.29) is 77.3 Å². The number of carbonyl (C=O) groups is 3. The molecule has 0 saturated heterocycles. The Bertz CT molecular complexity index is 1650. The summed E-state index contributed by atoms with van der Waals surface area (Å²) in [5.41, 5.74) is -1.59. The van der Waals surface area contributed by atoms with Gasteiger partial charge in [0.25, 0.3) is 0 Å². The van der Waals surface area contributed by atoms with Gasteiger partial charge in [0.05, 0.1) is 84.3 Å². The lowest BCUT2D eigenvalue weighted by Gasteiger charge is -2.35. The molecular weight excluding hydrogens is 1020 g/mol. The number of nitrogens with one attached hydrogen (secondary N) is 2. The van der Waals surface area contributed by atoms with E-state index in [2.05, 4.69) is 5.32 Å². The number of phosphoric ester groups is 2. The van der Waals surface area contributed by atoms with Gasteiger partial charge < -0.3 is 25.2 Å². The summed E-state index contributed by atoms with van der Waals surface area (Å²) in [5, 5.41) is 31.4. The van der Waals surface area contributed by atoms with Crippen LogP contribution in [-0.4, -0.2) is 120 Å². The van der Waals surface area contributed by atoms with Gasteiger partial charge in [-0.1, -0.05) is 19.3 Å². The summed E-state index contributed by atoms with van der Waals surface area (Å²) in [7, 11) is -9.37. The number of phosphoric acid groups is 2. The number of unbranched alkanes of at least 4 members (excludes halogenated alkanes) is 6. The number of carbonyl (C=O) groups excluding carboxylic acids is 3. The number of esters is 1. The van der Waals surface area contributed by atoms with Crippen molar-refractivity contribution in [1.29, 1.82) is 10.5 Å². The number of aliphatic hydroxyl groups is 1. The third-order valence-corrected chi connectivity index (χ3v) is 12.9. The van der Waals surface area contributed by atoms with Crippen molar-refractivity contribution in [3.63, 3.8) is 0 Å². The summed E-state index contributed by atoms with van der Waals surface area (Å²) in [4.78, 5) is 34.9. The van der Waals surface area contributed by atoms with Gasteiger partial charge in [-0.25, -0.2) is 9.13 Å². The molecule has 0 fully saturated rings. The van der Waals surface area contributed by atoms with Gasteiger partial charge in [0.2, 0.25) is 5.91 Å². The van der Waals surface area contributed by atoms with E-state index in [1.54, 1.807) is 24.4 Å². The fourth-order valence-corrected chi connectivity index (χ4v) is 9.00. The van der Waals surface area contributed by atoms with Crippen LogP contribution < -0.4 is 10.6 Å². The third kappa shape index (κ3) is 38.2. The number of nitriles is 2. The first kappa shape index (κ1) is 67.9. The Morgan fingerprint density at radius 2 is 1.11 bits per heavy atom. The number of alkyl halides is 9. The number of amides is 2. The Kier molecular flexibility index (Phi) is 36.0. The van der Waals surface area contributed by atoms with Crippen LogP contribution in [0, 0.1) is 28.1 Å². The Hall–Kier alpha value is -3.10. The van der Waals surface area contributed by atoms with Crippen molar-refractivity contribution in [3.05, 3.63) is 0 Å². The second-order valence-corrected chi connectivity index (χ2v) is 19.4. The van der Waals surface area contributed by atoms with Crippen LogP contribution in [0.3, 0.4) is 0 Å². The minimum atomic E-state index is -5.28. The molecule has 414 valence electrons. The van der Waals surface area contributed by atoms with E-state index in [4.69, 9.17) is 52.2 Å². The normalized spacial score (nSPS) is 14.4. The largest absolute Gasteiger partial charge is 0.475 e. The monoisotopic (exact) mass is 1090 g/mol. The molecule has 0 aliphatic heterocycles. The van der Waals surface area contributed by atoms with Crippen molar-refractivity contribution < 1.29 is 105 Å². The summed E-state index contributed by atoms with van der Waals surface area (Å²) in [6.07, 6.45) is -19.3. The molecule has 29 heteroatoms. The molecule has 0 aromatic rings. The molecule has 0 radical (unpaired) electrons. The number of aliphatic hydroxyl groups excluding tert-OH is 1. The Morgan fingerprint density at radius 1 is 0.606 bits per heavy atom. The number of hydrogen-bond acceptors (Lipinski definition) is 16. The van der Waals surface area contributed by atoms with E-state index in [1.807, 2.05) is 0 Å². The zero-order chi connectivity index (χ0) is 53.7. The van der Waals surface area contributed by atoms with Crippen molar-refractivity contribution in [2.75, 3.05) is 72.6 Å². The van der Waals surface area contributed by atoms with Crippen molar-refractivity contribution in [2.24, 2.45) is 5.41 Å². The van der Waals surface area contributed by atoms with Crippen molar-refractivity contribution in [2.45, 2.75) is 160 Å². The van der Waals surface area contributed by atoms with Crippen LogP contribution >= 0.6 is 15.6 Å². The van der Waals surface area contributed by atoms with Crippen LogP contribution in [-0.2, 0) is 60.1 Å². The van der Waals surface area contributed by atoms with Crippen molar-refractivity contribution in [3.8, 4) is 12.1 Å². The van der Waals surface area contributed by atoms with Crippen molar-refractivity contribution in [1.82, 2.24) is 10.6 Å². The van der Waals surface area contributed by atoms with E-state index >= 15 is 0 Å². The number of halogens is 9. The molecule has 0 rings (SSSR count). The van der Waals surface area contributed by atoms with Crippen LogP contribution in [0.2, 0.25) is 0 Å². The Labute approximate surface area is 408 Å². The zero-order valence-electron chi connectivity index (χ0n) is 39.9. The van der Waals surface area contributed by atoms with Crippen molar-refractivity contribution >= 4 is 33.4 Å². The topological polar surface area (TPSA) is 251 Å². The van der Waals surface area contributed by atoms with E-state index in [0.29, 0.717) is 51.5 Å². The van der Waals surface area contributed by atoms with E-state index in [0.717, 1.165) is 0 Å². The molecule has 0 aromatic heterocycles. The zero-order valence-corrected chi connectivity index (χ0v) is 41.7. The molecule has 18 nitrogen and oxygen atoms in total. The maximum absolute atomic E-state index is 14.1. The lowest BCUT2D eigenvalue weighted by molar-refractivity contribution is -0.173. The van der Waals surface area contributed by atoms with Crippen LogP contribution in [0.5, 0.6) is 0 Å². The predicted molar refractivity (Wildman–Crippen MR) is 235 cm³/mol. The predicted octanol–water partition coefficient (Wildman–Crippen LogP) is 10.00. The van der Waals surface area contributed by atoms with Gasteiger partial charge in [0.15, 0.2) is 0 Å². The molecular formula is C42H69F9N4O14P2. The molecule has 0 heterocycles. The smallest absolute Gasteiger partial charge is 0.466 e. The highest BCUT2D eigenvalue weighted by Gasteiger charge is 2.40. The molecule has 3 atom stereocenters. The van der Waals surface area contributed by atoms with Crippen LogP contribution in [0.15, 0.2) is 0 Å². The standard InChI is InChI=1S/C42H69F9N4O14P2/c1-2-54-36(57)16-17-37(58)63-27-8-5-6-10-29-66-71(61,67-31-15-24-53)69-35(33-68-70(60,65-30-14-23-52)64-28-9-4-3-7-26-56)32-62-34-39(18-11-21-40(43,44)45,19-12-22-41(46,47)48)20-13-25-55-38(59)42(49,50)51/h35,56H,2-22,25-34H2,1H3,(H,54,57)(H,55,59). The second kappa shape index (κ2) is 37.6. The molecule has 0 saturated carbocycles. The van der Waals surface area contributed by atoms with Crippen LogP contribution in [0.25, 0.3) is 0 Å². The van der Waals surface area contributed by atoms with Gasteiger partial charge in [-0.3, -0.25) is 41.5 Å². The van der Waals surface area contributed by atoms with Crippen LogP contribution in [0.1, 0.15) is 135 Å². The molecule has 3 N–H and O–H groups in total. The van der Waals surface area contributed by atoms with E-state index in [9.17, 15) is 63.0 Å². The lowest BCUT2D eigenvalue weighted by atomic mass is 9.75. The Balaban J connectivity index is 6.57. The molecule has 3 unspecified atom stereocenters. The quantitative estimate of drug-likeness (QED) is 0.0222. The van der Waals surface area contributed by atoms with Gasteiger partial charge in [-0.2, -0.15) is 50.0 Å². The Morgan fingerprint density at radius 3 is 1.63 bits per heavy atom. The highest BCUT2D eigenvalue weighted by Crippen LogP contribution is 2.53. The maximum atomic E-state index is 14.1. The molecule has 2 amide bonds. The second-order valence-electron chi connectivity index (χ2n) is 16.1. The molecule has 0 aromatic carbocycles. The van der Waals surface area contributed by atoms with Gasteiger partial charge in [-0.15, -0.1) is 0 Å². The van der Waals surface area contributed by atoms with Gasteiger partial charge in [0.1, 0.15) is 6.10 Å². The SMILES string of the molecule is CCNC(=O)CCC(=O)OCCCCCCOP(=O)(OCCC#N)OC(COCC(CCCNC(=O)C(F)(F)F)(CCCC(F)(F)F)CCCC(F)(F)F)COP(=O)(OCCC#N)OCCCCCCO. The first-order chi connectivity index (χ1) is 33.4. The fraction of sp³-hybridized carbons (Fsp3) is 0.881. The minimum Gasteiger partial charge on any atom is -0.466 e. The first-order valence-corrected chi connectivity index (χ1v) is 26.2. The fourth-order valence-electron chi connectivity index (χ4n) is 6.41. The molecule has 0 aliphatic rings. The lowest BCUT2D eigenvalue weighted by Crippen LogP contribution is -2.38. The number of rotatable bonds is 44. The number of ether oxygens (including phenoxy) is 2. The highest BCUT2D eigenvalue weighted by atomic mass is 31.2. The summed E-state index contributed by atoms with van der Waals surface area (Å²) in [6, 6.07) is 3.55. The van der Waals surface area contributed by atoms with E-state index < -0.39 is 136 Å². The highest BCUT2D eigenvalue weighted by molar-refractivity contribution is 7.48. The third-order valence-electron chi connectivity index (χ3n) is 9.88. The molecule has 71 heavy (non-hydrogen) atoms. The van der Waals surface area contributed by atoms with Crippen LogP contribution in [0.4, 0.5) is 39.5 Å². The van der Waals surface area contributed by atoms with Gasteiger partial charge >= 0.3 is 46.1 Å². The number of nitrogens with zero attached hydrogens (tertiary/aromatic N) is 2. The van der Waals surface area contributed by atoms with Gasteiger partial charge in [-0.05, 0) is 83.0 Å². The first-order valence-electron chi connectivity index (χ1n) is 23.3. The molecule has 0 aliphatic carbocycles. The average molecular weight is 1090 g/mol. The average Bonchev–Trinajstić information content (AvgIpc) is 3.27. The summed E-state index contributed by atoms with van der Waals surface area (Å²) >= 11 is 0. The minimum absolute atomic E-state index is 0.0336. The molecule has 0 bridgehead atoms. The summed E-state index contributed by atoms with van der Waals surface area (Å²) in [5.74, 6) is -3.18. The van der Waals surface area contributed by atoms with E-state index in [1.165, 1.54) is 0 Å². The summed E-state index contributed by atoms with van der Waals surface area (Å²) < 4.78 is 190. The number of hydrogen-bond donors (Lipinski definition) is 3. The van der Waals surface area contributed by atoms with Gasteiger partial charge in [0, 0.05) is 39.0 Å². The summed E-state index contributed by atoms with van der Waals surface area (Å²) in [6.45, 7) is -2.37.